The zero-order valence-corrected chi connectivity index (χ0v) is 19.1. The van der Waals surface area contributed by atoms with Gasteiger partial charge < -0.3 is 5.11 Å². The molecule has 4 rings (SSSR count). The SMILES string of the molecule is CC(C)(c1cc(-c2cccc(C3C=NC=C(C(=O)O)C3=O)c2)c2ncccc2c1)S(C)(=O)=O. The Hall–Kier alpha value is -3.65. The number of nitrogens with zero attached hydrogens (tertiary/aromatic N) is 2. The number of hydrogen-bond donors (Lipinski definition) is 1. The minimum Gasteiger partial charge on any atom is -0.478 e. The molecule has 0 spiro atoms. The fraction of sp³-hybridized carbons (Fsp3) is 0.200. The van der Waals surface area contributed by atoms with Gasteiger partial charge in [-0.25, -0.2) is 13.2 Å². The molecular weight excluding hydrogens is 440 g/mol. The summed E-state index contributed by atoms with van der Waals surface area (Å²) in [6.07, 6.45) is 5.35. The summed E-state index contributed by atoms with van der Waals surface area (Å²) in [6.45, 7) is 3.33. The summed E-state index contributed by atoms with van der Waals surface area (Å²) in [7, 11) is -3.41. The van der Waals surface area contributed by atoms with Crippen LogP contribution >= 0.6 is 0 Å². The number of aliphatic imine (C=N–C) groups is 1. The summed E-state index contributed by atoms with van der Waals surface area (Å²) in [5.74, 6) is -2.68. The quantitative estimate of drug-likeness (QED) is 0.576. The van der Waals surface area contributed by atoms with Crippen molar-refractivity contribution in [3.8, 4) is 11.1 Å². The van der Waals surface area contributed by atoms with Gasteiger partial charge in [-0.15, -0.1) is 0 Å². The van der Waals surface area contributed by atoms with E-state index in [-0.39, 0.29) is 5.57 Å². The first-order valence-electron chi connectivity index (χ1n) is 10.2. The van der Waals surface area contributed by atoms with Crippen LogP contribution in [0.25, 0.3) is 22.0 Å². The first-order valence-corrected chi connectivity index (χ1v) is 12.1. The van der Waals surface area contributed by atoms with Crippen LogP contribution in [0.3, 0.4) is 0 Å². The average Bonchev–Trinajstić information content (AvgIpc) is 2.77. The molecule has 0 radical (unpaired) electrons. The second-order valence-corrected chi connectivity index (χ2v) is 11.1. The summed E-state index contributed by atoms with van der Waals surface area (Å²) in [5.41, 5.74) is 2.99. The van der Waals surface area contributed by atoms with E-state index in [1.165, 1.54) is 12.5 Å². The summed E-state index contributed by atoms with van der Waals surface area (Å²) >= 11 is 0. The van der Waals surface area contributed by atoms with Crippen molar-refractivity contribution in [3.63, 3.8) is 0 Å². The molecule has 0 bridgehead atoms. The van der Waals surface area contributed by atoms with Gasteiger partial charge in [-0.1, -0.05) is 24.3 Å². The predicted molar refractivity (Wildman–Crippen MR) is 127 cm³/mol. The molecule has 2 heterocycles. The van der Waals surface area contributed by atoms with E-state index in [2.05, 4.69) is 9.98 Å². The van der Waals surface area contributed by atoms with E-state index >= 15 is 0 Å². The standard InChI is InChI=1S/C25H22N2O5S/c1-25(2,33(3,31)32)18-11-17-8-5-9-27-22(17)19(12-18)15-6-4-7-16(10-15)20-13-26-14-21(23(20)28)24(29)30/h4-14,20H,1-3H3,(H,29,30). The van der Waals surface area contributed by atoms with E-state index in [9.17, 15) is 23.1 Å². The zero-order valence-electron chi connectivity index (χ0n) is 18.3. The maximum atomic E-state index is 12.7. The predicted octanol–water partition coefficient (Wildman–Crippen LogP) is 3.89. The molecule has 1 N–H and O–H groups in total. The Balaban J connectivity index is 1.89. The van der Waals surface area contributed by atoms with Crippen molar-refractivity contribution in [2.75, 3.05) is 6.26 Å². The highest BCUT2D eigenvalue weighted by Gasteiger charge is 2.33. The maximum Gasteiger partial charge on any atom is 0.340 e. The van der Waals surface area contributed by atoms with Crippen LogP contribution in [0.4, 0.5) is 0 Å². The third kappa shape index (κ3) is 3.98. The number of hydrogen-bond acceptors (Lipinski definition) is 6. The lowest BCUT2D eigenvalue weighted by Crippen LogP contribution is -2.28. The lowest BCUT2D eigenvalue weighted by atomic mass is 9.87. The first kappa shape index (κ1) is 22.5. The molecule has 1 aliphatic heterocycles. The van der Waals surface area contributed by atoms with Gasteiger partial charge in [-0.3, -0.25) is 14.8 Å². The average molecular weight is 463 g/mol. The topological polar surface area (TPSA) is 114 Å². The number of carbonyl (C=O) groups excluding carboxylic acids is 1. The monoisotopic (exact) mass is 462 g/mol. The molecule has 0 saturated carbocycles. The summed E-state index contributed by atoms with van der Waals surface area (Å²) in [4.78, 5) is 32.5. The molecule has 2 aromatic carbocycles. The molecule has 1 aromatic heterocycles. The number of aliphatic carboxylic acids is 1. The van der Waals surface area contributed by atoms with Gasteiger partial charge >= 0.3 is 5.97 Å². The van der Waals surface area contributed by atoms with Crippen LogP contribution in [0.1, 0.15) is 30.9 Å². The van der Waals surface area contributed by atoms with Crippen molar-refractivity contribution in [2.45, 2.75) is 24.5 Å². The van der Waals surface area contributed by atoms with Gasteiger partial charge in [-0.05, 0) is 54.8 Å². The Morgan fingerprint density at radius 3 is 2.55 bits per heavy atom. The molecule has 7 nitrogen and oxygen atoms in total. The summed E-state index contributed by atoms with van der Waals surface area (Å²) < 4.78 is 23.9. The highest BCUT2D eigenvalue weighted by Crippen LogP contribution is 2.37. The third-order valence-electron chi connectivity index (χ3n) is 6.10. The number of carboxylic acid groups (broad SMARTS) is 1. The van der Waals surface area contributed by atoms with Gasteiger partial charge in [0.1, 0.15) is 5.57 Å². The van der Waals surface area contributed by atoms with Crippen molar-refractivity contribution in [2.24, 2.45) is 4.99 Å². The first-order chi connectivity index (χ1) is 15.5. The van der Waals surface area contributed by atoms with Crippen molar-refractivity contribution < 1.29 is 23.1 Å². The van der Waals surface area contributed by atoms with Crippen LogP contribution in [-0.4, -0.2) is 42.7 Å². The highest BCUT2D eigenvalue weighted by atomic mass is 32.2. The van der Waals surface area contributed by atoms with Gasteiger partial charge in [-0.2, -0.15) is 0 Å². The Kier molecular flexibility index (Phi) is 5.49. The highest BCUT2D eigenvalue weighted by molar-refractivity contribution is 7.91. The number of aromatic nitrogens is 1. The number of rotatable bonds is 5. The Labute approximate surface area is 191 Å². The molecule has 0 amide bonds. The summed E-state index contributed by atoms with van der Waals surface area (Å²) in [6, 6.07) is 14.5. The van der Waals surface area contributed by atoms with Gasteiger partial charge in [0.05, 0.1) is 16.2 Å². The normalized spacial score (nSPS) is 16.6. The molecular formula is C25H22N2O5S. The number of carbonyl (C=O) groups is 2. The second-order valence-electron chi connectivity index (χ2n) is 8.49. The second kappa shape index (κ2) is 8.04. The van der Waals surface area contributed by atoms with Gasteiger partial charge in [0.2, 0.25) is 0 Å². The molecule has 0 fully saturated rings. The van der Waals surface area contributed by atoms with Crippen LogP contribution < -0.4 is 0 Å². The molecule has 1 atom stereocenters. The number of sulfone groups is 1. The molecule has 1 unspecified atom stereocenters. The fourth-order valence-electron chi connectivity index (χ4n) is 3.77. The van der Waals surface area contributed by atoms with E-state index in [4.69, 9.17) is 0 Å². The third-order valence-corrected chi connectivity index (χ3v) is 8.19. The van der Waals surface area contributed by atoms with E-state index in [1.54, 1.807) is 44.3 Å². The van der Waals surface area contributed by atoms with Crippen LogP contribution in [-0.2, 0) is 24.2 Å². The Morgan fingerprint density at radius 1 is 1.09 bits per heavy atom. The smallest absolute Gasteiger partial charge is 0.340 e. The van der Waals surface area contributed by atoms with Gasteiger partial charge in [0, 0.05) is 35.8 Å². The van der Waals surface area contributed by atoms with E-state index in [1.807, 2.05) is 24.3 Å². The number of fused-ring (bicyclic) bond motifs is 1. The lowest BCUT2D eigenvalue weighted by molar-refractivity contribution is -0.134. The molecule has 3 aromatic rings. The number of ketones is 1. The van der Waals surface area contributed by atoms with E-state index < -0.39 is 32.3 Å². The van der Waals surface area contributed by atoms with Crippen LogP contribution in [0.2, 0.25) is 0 Å². The minimum atomic E-state index is -3.41. The van der Waals surface area contributed by atoms with Crippen molar-refractivity contribution >= 4 is 38.7 Å². The minimum absolute atomic E-state index is 0.364. The number of pyridine rings is 1. The summed E-state index contributed by atoms with van der Waals surface area (Å²) in [5, 5.41) is 10.1. The number of Topliss-reactive ketones (excluding diaryl/α,β-unsaturated/α-hetero) is 1. The van der Waals surface area contributed by atoms with Crippen LogP contribution in [0, 0.1) is 0 Å². The van der Waals surface area contributed by atoms with Crippen LogP contribution in [0.15, 0.2) is 71.5 Å². The largest absolute Gasteiger partial charge is 0.478 e. The Morgan fingerprint density at radius 2 is 1.85 bits per heavy atom. The van der Waals surface area contributed by atoms with Gasteiger partial charge in [0.25, 0.3) is 0 Å². The number of carboxylic acids is 1. The molecule has 0 aliphatic carbocycles. The number of benzene rings is 2. The van der Waals surface area contributed by atoms with E-state index in [0.29, 0.717) is 16.6 Å². The lowest BCUT2D eigenvalue weighted by Gasteiger charge is -2.24. The van der Waals surface area contributed by atoms with Crippen molar-refractivity contribution in [1.82, 2.24) is 4.98 Å². The zero-order chi connectivity index (χ0) is 24.0. The van der Waals surface area contributed by atoms with Gasteiger partial charge in [0.15, 0.2) is 15.6 Å². The maximum absolute atomic E-state index is 12.7. The molecule has 1 aliphatic rings. The Bertz CT molecular complexity index is 1470. The van der Waals surface area contributed by atoms with Crippen molar-refractivity contribution in [1.29, 1.82) is 0 Å². The molecule has 33 heavy (non-hydrogen) atoms. The molecule has 168 valence electrons. The molecule has 0 saturated heterocycles. The van der Waals surface area contributed by atoms with Crippen LogP contribution in [0.5, 0.6) is 0 Å². The van der Waals surface area contributed by atoms with Crippen molar-refractivity contribution in [3.05, 3.63) is 77.6 Å². The van der Waals surface area contributed by atoms with E-state index in [0.717, 1.165) is 22.7 Å². The fourth-order valence-corrected chi connectivity index (χ4v) is 4.32. The molecule has 8 heteroatoms.